The van der Waals surface area contributed by atoms with Gasteiger partial charge in [0, 0.05) is 13.0 Å². The summed E-state index contributed by atoms with van der Waals surface area (Å²) in [6.07, 6.45) is 1.01. The minimum atomic E-state index is -0.984. The summed E-state index contributed by atoms with van der Waals surface area (Å²) in [6, 6.07) is 16.1. The third-order valence-corrected chi connectivity index (χ3v) is 4.07. The summed E-state index contributed by atoms with van der Waals surface area (Å²) in [5.41, 5.74) is 0.916. The predicted octanol–water partition coefficient (Wildman–Crippen LogP) is 2.61. The second-order valence-electron chi connectivity index (χ2n) is 5.86. The highest BCUT2D eigenvalue weighted by Crippen LogP contribution is 2.19. The van der Waals surface area contributed by atoms with Gasteiger partial charge in [0.25, 0.3) is 0 Å². The van der Waals surface area contributed by atoms with Crippen molar-refractivity contribution in [1.29, 1.82) is 0 Å². The number of hydrogen-bond acceptors (Lipinski definition) is 3. The molecule has 0 spiro atoms. The molecule has 3 rings (SSSR count). The molecular formula is C19H19NO4. The van der Waals surface area contributed by atoms with Crippen molar-refractivity contribution in [2.24, 2.45) is 0 Å². The first-order chi connectivity index (χ1) is 11.6. The minimum Gasteiger partial charge on any atom is -0.489 e. The van der Waals surface area contributed by atoms with E-state index >= 15 is 0 Å². The molecule has 5 nitrogen and oxygen atoms in total. The van der Waals surface area contributed by atoms with Crippen LogP contribution in [0.3, 0.4) is 0 Å². The van der Waals surface area contributed by atoms with Crippen LogP contribution in [-0.2, 0) is 11.2 Å². The second kappa shape index (κ2) is 7.17. The monoisotopic (exact) mass is 325 g/mol. The van der Waals surface area contributed by atoms with E-state index in [-0.39, 0.29) is 24.0 Å². The molecule has 0 bridgehead atoms. The number of nitrogens with zero attached hydrogens (tertiary/aromatic N) is 1. The first kappa shape index (κ1) is 16.1. The lowest BCUT2D eigenvalue weighted by molar-refractivity contribution is -0.129. The van der Waals surface area contributed by atoms with E-state index < -0.39 is 5.97 Å². The smallest absolute Gasteiger partial charge is 0.335 e. The van der Waals surface area contributed by atoms with E-state index in [1.807, 2.05) is 30.3 Å². The topological polar surface area (TPSA) is 66.8 Å². The van der Waals surface area contributed by atoms with Crippen molar-refractivity contribution in [3.05, 3.63) is 65.7 Å². The summed E-state index contributed by atoms with van der Waals surface area (Å²) in [6.45, 7) is 1.22. The van der Waals surface area contributed by atoms with Crippen molar-refractivity contribution in [2.75, 3.05) is 13.1 Å². The molecule has 1 aliphatic heterocycles. The number of carboxylic acid groups (broad SMARTS) is 1. The number of hydrogen-bond donors (Lipinski definition) is 1. The Hall–Kier alpha value is -2.82. The maximum Gasteiger partial charge on any atom is 0.335 e. The number of amides is 1. The highest BCUT2D eigenvalue weighted by Gasteiger charge is 2.27. The zero-order valence-corrected chi connectivity index (χ0v) is 13.2. The lowest BCUT2D eigenvalue weighted by atomic mass is 10.1. The first-order valence-corrected chi connectivity index (χ1v) is 7.93. The van der Waals surface area contributed by atoms with E-state index in [0.717, 1.165) is 12.2 Å². The quantitative estimate of drug-likeness (QED) is 0.917. The molecule has 24 heavy (non-hydrogen) atoms. The first-order valence-electron chi connectivity index (χ1n) is 7.93. The predicted molar refractivity (Wildman–Crippen MR) is 89.2 cm³/mol. The minimum absolute atomic E-state index is 0.00158. The molecule has 1 saturated heterocycles. The molecule has 2 aromatic carbocycles. The molecule has 1 unspecified atom stereocenters. The number of carbonyl (C=O) groups excluding carboxylic acids is 1. The van der Waals surface area contributed by atoms with Crippen LogP contribution in [-0.4, -0.2) is 41.1 Å². The van der Waals surface area contributed by atoms with Gasteiger partial charge in [0.2, 0.25) is 5.91 Å². The Morgan fingerprint density at radius 1 is 1.12 bits per heavy atom. The van der Waals surface area contributed by atoms with Gasteiger partial charge in [-0.25, -0.2) is 4.79 Å². The number of carboxylic acids is 1. The fourth-order valence-corrected chi connectivity index (χ4v) is 2.84. The molecule has 1 atom stereocenters. The van der Waals surface area contributed by atoms with Crippen LogP contribution in [0.1, 0.15) is 22.3 Å². The van der Waals surface area contributed by atoms with Gasteiger partial charge < -0.3 is 14.7 Å². The standard InChI is InChI=1S/C19H19NO4/c21-18(12-14-5-4-6-15(11-14)19(22)23)20-10-9-17(13-20)24-16-7-2-1-3-8-16/h1-8,11,17H,9-10,12-13H2,(H,22,23). The molecule has 0 radical (unpaired) electrons. The Morgan fingerprint density at radius 3 is 2.67 bits per heavy atom. The van der Waals surface area contributed by atoms with Crippen molar-refractivity contribution >= 4 is 11.9 Å². The largest absolute Gasteiger partial charge is 0.489 e. The molecule has 5 heteroatoms. The van der Waals surface area contributed by atoms with Crippen LogP contribution >= 0.6 is 0 Å². The molecule has 1 fully saturated rings. The molecule has 0 aromatic heterocycles. The molecule has 0 saturated carbocycles. The number of ether oxygens (including phenoxy) is 1. The van der Waals surface area contributed by atoms with Crippen LogP contribution in [0.2, 0.25) is 0 Å². The normalized spacial score (nSPS) is 16.8. The van der Waals surface area contributed by atoms with Crippen LogP contribution in [0, 0.1) is 0 Å². The fourth-order valence-electron chi connectivity index (χ4n) is 2.84. The lowest BCUT2D eigenvalue weighted by Gasteiger charge is -2.17. The highest BCUT2D eigenvalue weighted by molar-refractivity contribution is 5.88. The summed E-state index contributed by atoms with van der Waals surface area (Å²) in [4.78, 5) is 25.2. The summed E-state index contributed by atoms with van der Waals surface area (Å²) in [5.74, 6) is -0.176. The maximum absolute atomic E-state index is 12.4. The van der Waals surface area contributed by atoms with E-state index in [1.165, 1.54) is 6.07 Å². The van der Waals surface area contributed by atoms with Gasteiger partial charge in [-0.2, -0.15) is 0 Å². The number of carbonyl (C=O) groups is 2. The van der Waals surface area contributed by atoms with E-state index in [9.17, 15) is 9.59 Å². The summed E-state index contributed by atoms with van der Waals surface area (Å²) in [5, 5.41) is 9.02. The Morgan fingerprint density at radius 2 is 1.92 bits per heavy atom. The Kier molecular flexibility index (Phi) is 4.79. The van der Waals surface area contributed by atoms with Crippen molar-refractivity contribution < 1.29 is 19.4 Å². The number of likely N-dealkylation sites (tertiary alicyclic amines) is 1. The Bertz CT molecular complexity index is 729. The molecular weight excluding hydrogens is 306 g/mol. The van der Waals surface area contributed by atoms with Gasteiger partial charge in [-0.1, -0.05) is 30.3 Å². The number of rotatable bonds is 5. The summed E-state index contributed by atoms with van der Waals surface area (Å²) in [7, 11) is 0. The van der Waals surface area contributed by atoms with E-state index in [4.69, 9.17) is 9.84 Å². The zero-order valence-electron chi connectivity index (χ0n) is 13.2. The van der Waals surface area contributed by atoms with Crippen molar-refractivity contribution in [3.8, 4) is 5.75 Å². The van der Waals surface area contributed by atoms with Crippen LogP contribution < -0.4 is 4.74 Å². The van der Waals surface area contributed by atoms with Gasteiger partial charge in [-0.05, 0) is 29.8 Å². The molecule has 1 amide bonds. The molecule has 1 heterocycles. The molecule has 1 aliphatic rings. The molecule has 1 N–H and O–H groups in total. The third kappa shape index (κ3) is 3.93. The van der Waals surface area contributed by atoms with Crippen molar-refractivity contribution in [3.63, 3.8) is 0 Å². The molecule has 2 aromatic rings. The van der Waals surface area contributed by atoms with E-state index in [2.05, 4.69) is 0 Å². The number of para-hydroxylation sites is 1. The molecule has 124 valence electrons. The maximum atomic E-state index is 12.4. The van der Waals surface area contributed by atoms with Crippen molar-refractivity contribution in [2.45, 2.75) is 18.9 Å². The Balaban J connectivity index is 1.56. The van der Waals surface area contributed by atoms with Crippen LogP contribution in [0.15, 0.2) is 54.6 Å². The number of aromatic carboxylic acids is 1. The molecule has 0 aliphatic carbocycles. The Labute approximate surface area is 140 Å². The lowest BCUT2D eigenvalue weighted by Crippen LogP contribution is -2.32. The fraction of sp³-hybridized carbons (Fsp3) is 0.263. The van der Waals surface area contributed by atoms with Crippen LogP contribution in [0.4, 0.5) is 0 Å². The van der Waals surface area contributed by atoms with Crippen LogP contribution in [0.5, 0.6) is 5.75 Å². The number of benzene rings is 2. The van der Waals surface area contributed by atoms with Gasteiger partial charge in [-0.3, -0.25) is 4.79 Å². The summed E-state index contributed by atoms with van der Waals surface area (Å²) >= 11 is 0. The third-order valence-electron chi connectivity index (χ3n) is 4.07. The van der Waals surface area contributed by atoms with Gasteiger partial charge in [0.1, 0.15) is 11.9 Å². The average Bonchev–Trinajstić information content (AvgIpc) is 3.04. The van der Waals surface area contributed by atoms with Crippen molar-refractivity contribution in [1.82, 2.24) is 4.90 Å². The van der Waals surface area contributed by atoms with Gasteiger partial charge in [0.15, 0.2) is 0 Å². The zero-order chi connectivity index (χ0) is 16.9. The van der Waals surface area contributed by atoms with Gasteiger partial charge >= 0.3 is 5.97 Å². The van der Waals surface area contributed by atoms with Gasteiger partial charge in [0.05, 0.1) is 18.5 Å². The summed E-state index contributed by atoms with van der Waals surface area (Å²) < 4.78 is 5.88. The average molecular weight is 325 g/mol. The van der Waals surface area contributed by atoms with E-state index in [1.54, 1.807) is 23.1 Å². The second-order valence-corrected chi connectivity index (χ2v) is 5.86. The SMILES string of the molecule is O=C(O)c1cccc(CC(=O)N2CCC(Oc3ccccc3)C2)c1. The van der Waals surface area contributed by atoms with E-state index in [0.29, 0.717) is 18.7 Å². The highest BCUT2D eigenvalue weighted by atomic mass is 16.5. The van der Waals surface area contributed by atoms with Gasteiger partial charge in [-0.15, -0.1) is 0 Å². The van der Waals surface area contributed by atoms with Crippen LogP contribution in [0.25, 0.3) is 0 Å².